The first-order chi connectivity index (χ1) is 12.9. The van der Waals surface area contributed by atoms with Gasteiger partial charge >= 0.3 is 0 Å². The molecule has 0 bridgehead atoms. The standard InChI is InChI=1S/C21H23NO5/c1-12(2)4-9-15-17(24)11-19(26-3)20-16(22-25)10-18(27-21(15)20)13-5-7-14(23)8-6-13/h4-8,11,18,23-25H,9-10H2,1-3H3/b22-16-. The van der Waals surface area contributed by atoms with Gasteiger partial charge in [0.2, 0.25) is 0 Å². The lowest BCUT2D eigenvalue weighted by molar-refractivity contribution is 0.198. The number of hydrogen-bond donors (Lipinski definition) is 3. The highest BCUT2D eigenvalue weighted by Crippen LogP contribution is 2.46. The van der Waals surface area contributed by atoms with E-state index in [4.69, 9.17) is 9.47 Å². The molecule has 0 saturated heterocycles. The second-order valence-electron chi connectivity index (χ2n) is 6.72. The van der Waals surface area contributed by atoms with Crippen LogP contribution >= 0.6 is 0 Å². The van der Waals surface area contributed by atoms with E-state index in [9.17, 15) is 15.4 Å². The van der Waals surface area contributed by atoms with Gasteiger partial charge in [0.15, 0.2) is 0 Å². The lowest BCUT2D eigenvalue weighted by Crippen LogP contribution is -2.23. The van der Waals surface area contributed by atoms with Crippen molar-refractivity contribution in [2.24, 2.45) is 5.16 Å². The number of ether oxygens (including phenoxy) is 2. The third kappa shape index (κ3) is 3.69. The Labute approximate surface area is 158 Å². The molecule has 3 rings (SSSR count). The summed E-state index contributed by atoms with van der Waals surface area (Å²) in [6, 6.07) is 8.20. The maximum Gasteiger partial charge on any atom is 0.140 e. The summed E-state index contributed by atoms with van der Waals surface area (Å²) in [7, 11) is 1.49. The van der Waals surface area contributed by atoms with Gasteiger partial charge in [-0.2, -0.15) is 0 Å². The average molecular weight is 369 g/mol. The van der Waals surface area contributed by atoms with E-state index in [0.717, 1.165) is 11.1 Å². The van der Waals surface area contributed by atoms with Crippen molar-refractivity contribution in [3.63, 3.8) is 0 Å². The van der Waals surface area contributed by atoms with Crippen LogP contribution in [0.5, 0.6) is 23.0 Å². The highest BCUT2D eigenvalue weighted by molar-refractivity contribution is 6.06. The second-order valence-corrected chi connectivity index (χ2v) is 6.72. The van der Waals surface area contributed by atoms with Gasteiger partial charge in [0, 0.05) is 18.1 Å². The molecule has 142 valence electrons. The molecular weight excluding hydrogens is 346 g/mol. The number of nitrogens with zero attached hydrogens (tertiary/aromatic N) is 1. The van der Waals surface area contributed by atoms with E-state index in [1.165, 1.54) is 13.2 Å². The molecular formula is C21H23NO5. The lowest BCUT2D eigenvalue weighted by atomic mass is 9.91. The van der Waals surface area contributed by atoms with E-state index in [2.05, 4.69) is 5.16 Å². The Bertz CT molecular complexity index is 896. The van der Waals surface area contributed by atoms with Crippen molar-refractivity contribution in [2.45, 2.75) is 32.8 Å². The van der Waals surface area contributed by atoms with Gasteiger partial charge < -0.3 is 24.9 Å². The summed E-state index contributed by atoms with van der Waals surface area (Å²) in [5.41, 5.74) is 3.52. The number of hydrogen-bond acceptors (Lipinski definition) is 6. The maximum atomic E-state index is 10.5. The maximum absolute atomic E-state index is 10.5. The molecule has 1 atom stereocenters. The average Bonchev–Trinajstić information content (AvgIpc) is 2.66. The molecule has 1 aliphatic heterocycles. The number of methoxy groups -OCH3 is 1. The van der Waals surface area contributed by atoms with Crippen molar-refractivity contribution in [3.05, 3.63) is 58.7 Å². The third-order valence-corrected chi connectivity index (χ3v) is 4.57. The first-order valence-corrected chi connectivity index (χ1v) is 8.67. The largest absolute Gasteiger partial charge is 0.508 e. The number of phenolic OH excluding ortho intramolecular Hbond substituents is 2. The summed E-state index contributed by atoms with van der Waals surface area (Å²) in [4.78, 5) is 0. The summed E-state index contributed by atoms with van der Waals surface area (Å²) in [5.74, 6) is 1.06. The molecule has 1 heterocycles. The van der Waals surface area contributed by atoms with Crippen LogP contribution in [0.4, 0.5) is 0 Å². The van der Waals surface area contributed by atoms with Crippen LogP contribution in [-0.4, -0.2) is 28.2 Å². The molecule has 1 unspecified atom stereocenters. The summed E-state index contributed by atoms with van der Waals surface area (Å²) < 4.78 is 11.6. The number of phenols is 2. The molecule has 2 aromatic carbocycles. The molecule has 1 aliphatic rings. The van der Waals surface area contributed by atoms with Gasteiger partial charge in [-0.1, -0.05) is 28.9 Å². The Kier molecular flexibility index (Phi) is 5.26. The van der Waals surface area contributed by atoms with Crippen LogP contribution in [0.1, 0.15) is 43.1 Å². The van der Waals surface area contributed by atoms with Crippen LogP contribution in [0.15, 0.2) is 47.1 Å². The number of rotatable bonds is 4. The lowest BCUT2D eigenvalue weighted by Gasteiger charge is -2.30. The Balaban J connectivity index is 2.14. The van der Waals surface area contributed by atoms with Gasteiger partial charge in [0.05, 0.1) is 18.4 Å². The smallest absolute Gasteiger partial charge is 0.140 e. The van der Waals surface area contributed by atoms with Crippen molar-refractivity contribution in [1.82, 2.24) is 0 Å². The topological polar surface area (TPSA) is 91.5 Å². The fraction of sp³-hybridized carbons (Fsp3) is 0.286. The Hall–Kier alpha value is -3.15. The highest BCUT2D eigenvalue weighted by atomic mass is 16.5. The van der Waals surface area contributed by atoms with Crippen LogP contribution in [0.25, 0.3) is 0 Å². The summed E-state index contributed by atoms with van der Waals surface area (Å²) in [6.45, 7) is 3.96. The zero-order valence-electron chi connectivity index (χ0n) is 15.6. The van der Waals surface area contributed by atoms with Gasteiger partial charge in [-0.3, -0.25) is 0 Å². The summed E-state index contributed by atoms with van der Waals surface area (Å²) in [5, 5.41) is 33.1. The van der Waals surface area contributed by atoms with Crippen molar-refractivity contribution in [1.29, 1.82) is 0 Å². The molecule has 0 radical (unpaired) electrons. The number of allylic oxidation sites excluding steroid dienone is 2. The minimum atomic E-state index is -0.416. The zero-order valence-corrected chi connectivity index (χ0v) is 15.6. The third-order valence-electron chi connectivity index (χ3n) is 4.57. The van der Waals surface area contributed by atoms with Gasteiger partial charge in [-0.05, 0) is 38.0 Å². The molecule has 0 fully saturated rings. The van der Waals surface area contributed by atoms with Crippen LogP contribution in [-0.2, 0) is 6.42 Å². The molecule has 2 aromatic rings. The molecule has 0 spiro atoms. The first kappa shape index (κ1) is 18.6. The molecule has 0 saturated carbocycles. The van der Waals surface area contributed by atoms with Crippen molar-refractivity contribution in [2.75, 3.05) is 7.11 Å². The quantitative estimate of drug-likeness (QED) is 0.424. The minimum Gasteiger partial charge on any atom is -0.508 e. The van der Waals surface area contributed by atoms with Gasteiger partial charge in [-0.15, -0.1) is 0 Å². The van der Waals surface area contributed by atoms with E-state index in [0.29, 0.717) is 41.2 Å². The summed E-state index contributed by atoms with van der Waals surface area (Å²) >= 11 is 0. The van der Waals surface area contributed by atoms with E-state index >= 15 is 0 Å². The zero-order chi connectivity index (χ0) is 19.6. The summed E-state index contributed by atoms with van der Waals surface area (Å²) in [6.07, 6.45) is 2.38. The Morgan fingerprint density at radius 3 is 2.56 bits per heavy atom. The SMILES string of the molecule is COc1cc(O)c(CC=C(C)C)c2c1/C(=N\O)CC(c1ccc(O)cc1)O2. The molecule has 0 aliphatic carbocycles. The predicted molar refractivity (Wildman–Crippen MR) is 102 cm³/mol. The van der Waals surface area contributed by atoms with Crippen LogP contribution in [0.2, 0.25) is 0 Å². The number of fused-ring (bicyclic) bond motifs is 1. The van der Waals surface area contributed by atoms with Gasteiger partial charge in [0.1, 0.15) is 29.1 Å². The molecule has 6 heteroatoms. The van der Waals surface area contributed by atoms with E-state index in [1.807, 2.05) is 19.9 Å². The van der Waals surface area contributed by atoms with E-state index in [-0.39, 0.29) is 11.5 Å². The van der Waals surface area contributed by atoms with Crippen molar-refractivity contribution in [3.8, 4) is 23.0 Å². The molecule has 0 aromatic heterocycles. The van der Waals surface area contributed by atoms with Gasteiger partial charge in [-0.25, -0.2) is 0 Å². The Morgan fingerprint density at radius 1 is 1.26 bits per heavy atom. The minimum absolute atomic E-state index is 0.0618. The Morgan fingerprint density at radius 2 is 1.96 bits per heavy atom. The predicted octanol–water partition coefficient (Wildman–Crippen LogP) is 4.32. The first-order valence-electron chi connectivity index (χ1n) is 8.67. The van der Waals surface area contributed by atoms with Crippen LogP contribution in [0.3, 0.4) is 0 Å². The highest BCUT2D eigenvalue weighted by Gasteiger charge is 2.33. The molecule has 6 nitrogen and oxygen atoms in total. The normalized spacial score (nSPS) is 17.1. The number of benzene rings is 2. The van der Waals surface area contributed by atoms with Crippen molar-refractivity contribution < 1.29 is 24.9 Å². The molecule has 3 N–H and O–H groups in total. The van der Waals surface area contributed by atoms with E-state index in [1.54, 1.807) is 24.3 Å². The van der Waals surface area contributed by atoms with Crippen LogP contribution < -0.4 is 9.47 Å². The van der Waals surface area contributed by atoms with E-state index < -0.39 is 6.10 Å². The number of oxime groups is 1. The fourth-order valence-corrected chi connectivity index (χ4v) is 3.16. The second kappa shape index (κ2) is 7.61. The van der Waals surface area contributed by atoms with Gasteiger partial charge in [0.25, 0.3) is 0 Å². The van der Waals surface area contributed by atoms with Crippen molar-refractivity contribution >= 4 is 5.71 Å². The number of aromatic hydroxyl groups is 2. The molecule has 0 amide bonds. The molecule has 27 heavy (non-hydrogen) atoms. The van der Waals surface area contributed by atoms with Crippen LogP contribution in [0, 0.1) is 0 Å². The fourth-order valence-electron chi connectivity index (χ4n) is 3.16. The monoisotopic (exact) mass is 369 g/mol.